The second-order valence-electron chi connectivity index (χ2n) is 15.9. The van der Waals surface area contributed by atoms with Gasteiger partial charge in [0.05, 0.1) is 50.2 Å². The molecule has 0 bridgehead atoms. The third-order valence-corrected chi connectivity index (χ3v) is 12.0. The van der Waals surface area contributed by atoms with E-state index < -0.39 is 0 Å². The molecule has 0 spiro atoms. The Kier molecular flexibility index (Phi) is 7.52. The minimum absolute atomic E-state index is 0.204. The average molecular weight is 735 g/mol. The van der Waals surface area contributed by atoms with Gasteiger partial charge < -0.3 is 13.7 Å². The monoisotopic (exact) mass is 734 g/mol. The standard InChI is InChI=1S/C53H42N4/c1-33(2)51-49(56-45-25-12-7-19-38(45)39-20-8-13-26-46(39)56)32-50(52(34(3)4)53(51)42-22-15-16-30-54-42)57-47-27-14-9-21-40(47)41-31-35(28-29-48(41)57)55-43-23-10-5-17-36(43)37-18-6-11-24-44(37)55/h5-34H,1-4H3. The van der Waals surface area contributed by atoms with Crippen molar-refractivity contribution < 1.29 is 0 Å². The summed E-state index contributed by atoms with van der Waals surface area (Å²) in [5.41, 5.74) is 15.6. The minimum atomic E-state index is 0.204. The average Bonchev–Trinajstić information content (AvgIpc) is 3.88. The highest BCUT2D eigenvalue weighted by molar-refractivity contribution is 6.13. The number of para-hydroxylation sites is 5. The highest BCUT2D eigenvalue weighted by Crippen LogP contribution is 2.47. The first kappa shape index (κ1) is 33.4. The van der Waals surface area contributed by atoms with Crippen molar-refractivity contribution in [1.82, 2.24) is 18.7 Å². The summed E-state index contributed by atoms with van der Waals surface area (Å²) in [7, 11) is 0. The normalized spacial score (nSPS) is 12.2. The lowest BCUT2D eigenvalue weighted by atomic mass is 9.84. The van der Waals surface area contributed by atoms with E-state index in [-0.39, 0.29) is 11.8 Å². The largest absolute Gasteiger partial charge is 0.309 e. The van der Waals surface area contributed by atoms with Crippen molar-refractivity contribution in [3.05, 3.63) is 181 Å². The molecule has 11 aromatic rings. The SMILES string of the molecule is CC(C)c1c(-n2c3ccccc3c3ccccc32)cc(-n2c3ccccc3c3cc(-n4c5ccccc5c5ccccc54)ccc32)c(C(C)C)c1-c1ccccn1. The quantitative estimate of drug-likeness (QED) is 0.167. The van der Waals surface area contributed by atoms with Crippen LogP contribution >= 0.6 is 0 Å². The highest BCUT2D eigenvalue weighted by Gasteiger charge is 2.28. The molecule has 0 aliphatic heterocycles. The summed E-state index contributed by atoms with van der Waals surface area (Å²) < 4.78 is 7.46. The van der Waals surface area contributed by atoms with E-state index in [9.17, 15) is 0 Å². The van der Waals surface area contributed by atoms with Crippen molar-refractivity contribution in [2.45, 2.75) is 39.5 Å². The Bertz CT molecular complexity index is 3250. The van der Waals surface area contributed by atoms with Crippen molar-refractivity contribution in [3.63, 3.8) is 0 Å². The molecule has 0 fully saturated rings. The van der Waals surface area contributed by atoms with E-state index in [0.717, 1.165) is 11.4 Å². The molecular formula is C53H42N4. The van der Waals surface area contributed by atoms with E-state index >= 15 is 0 Å². The third-order valence-electron chi connectivity index (χ3n) is 12.0. The smallest absolute Gasteiger partial charge is 0.0709 e. The zero-order valence-corrected chi connectivity index (χ0v) is 32.6. The van der Waals surface area contributed by atoms with Crippen LogP contribution in [0.5, 0.6) is 0 Å². The summed E-state index contributed by atoms with van der Waals surface area (Å²) in [4.78, 5) is 5.10. The van der Waals surface area contributed by atoms with Gasteiger partial charge in [0.15, 0.2) is 0 Å². The molecule has 0 saturated heterocycles. The summed E-state index contributed by atoms with van der Waals surface area (Å²) in [5, 5.41) is 7.50. The van der Waals surface area contributed by atoms with Crippen molar-refractivity contribution >= 4 is 65.4 Å². The van der Waals surface area contributed by atoms with Crippen molar-refractivity contribution in [3.8, 4) is 28.3 Å². The second kappa shape index (κ2) is 12.8. The molecule has 0 unspecified atom stereocenters. The van der Waals surface area contributed by atoms with Crippen LogP contribution in [-0.2, 0) is 0 Å². The molecule has 0 aliphatic rings. The van der Waals surface area contributed by atoms with Crippen molar-refractivity contribution in [2.75, 3.05) is 0 Å². The Morgan fingerprint density at radius 2 is 0.754 bits per heavy atom. The highest BCUT2D eigenvalue weighted by atomic mass is 15.0. The van der Waals surface area contributed by atoms with Gasteiger partial charge in [-0.15, -0.1) is 0 Å². The first-order valence-corrected chi connectivity index (χ1v) is 20.1. The molecule has 0 amide bonds. The fraction of sp³-hybridized carbons (Fsp3) is 0.113. The fourth-order valence-corrected chi connectivity index (χ4v) is 9.75. The molecule has 4 nitrogen and oxygen atoms in total. The first-order chi connectivity index (χ1) is 28.0. The van der Waals surface area contributed by atoms with E-state index in [1.807, 2.05) is 12.3 Å². The number of fused-ring (bicyclic) bond motifs is 9. The number of nitrogens with zero attached hydrogens (tertiary/aromatic N) is 4. The van der Waals surface area contributed by atoms with E-state index in [4.69, 9.17) is 4.98 Å². The molecule has 7 aromatic carbocycles. The summed E-state index contributed by atoms with van der Waals surface area (Å²) in [5.74, 6) is 0.421. The Balaban J connectivity index is 1.29. The molecule has 4 heteroatoms. The maximum absolute atomic E-state index is 5.10. The predicted molar refractivity (Wildman–Crippen MR) is 241 cm³/mol. The van der Waals surface area contributed by atoms with Gasteiger partial charge in [0, 0.05) is 49.8 Å². The lowest BCUT2D eigenvalue weighted by Crippen LogP contribution is -2.12. The lowest BCUT2D eigenvalue weighted by Gasteiger charge is -2.28. The fourth-order valence-electron chi connectivity index (χ4n) is 9.75. The van der Waals surface area contributed by atoms with Gasteiger partial charge in [-0.2, -0.15) is 0 Å². The summed E-state index contributed by atoms with van der Waals surface area (Å²) in [6.45, 7) is 9.34. The van der Waals surface area contributed by atoms with Gasteiger partial charge in [-0.25, -0.2) is 0 Å². The second-order valence-corrected chi connectivity index (χ2v) is 15.9. The van der Waals surface area contributed by atoms with Gasteiger partial charge >= 0.3 is 0 Å². The number of hydrogen-bond acceptors (Lipinski definition) is 1. The van der Waals surface area contributed by atoms with Crippen LogP contribution in [0.3, 0.4) is 0 Å². The molecule has 0 radical (unpaired) electrons. The predicted octanol–water partition coefficient (Wildman–Crippen LogP) is 14.3. The number of pyridine rings is 1. The molecule has 0 atom stereocenters. The Labute approximate surface area is 331 Å². The number of benzene rings is 7. The lowest BCUT2D eigenvalue weighted by molar-refractivity contribution is 0.820. The number of rotatable bonds is 6. The number of aromatic nitrogens is 4. The molecule has 0 N–H and O–H groups in total. The Morgan fingerprint density at radius 3 is 1.18 bits per heavy atom. The van der Waals surface area contributed by atoms with Gasteiger partial charge in [0.25, 0.3) is 0 Å². The molecule has 11 rings (SSSR count). The van der Waals surface area contributed by atoms with Crippen LogP contribution in [0.15, 0.2) is 170 Å². The van der Waals surface area contributed by atoms with Crippen LogP contribution in [0.1, 0.15) is 50.7 Å². The van der Waals surface area contributed by atoms with Crippen molar-refractivity contribution in [2.24, 2.45) is 0 Å². The molecule has 4 heterocycles. The maximum atomic E-state index is 5.10. The maximum Gasteiger partial charge on any atom is 0.0709 e. The van der Waals surface area contributed by atoms with Crippen LogP contribution in [0.2, 0.25) is 0 Å². The van der Waals surface area contributed by atoms with Crippen LogP contribution in [0.4, 0.5) is 0 Å². The molecule has 4 aromatic heterocycles. The van der Waals surface area contributed by atoms with Gasteiger partial charge in [-0.05, 0) is 89.7 Å². The Hall–Kier alpha value is -6.91. The minimum Gasteiger partial charge on any atom is -0.309 e. The zero-order chi connectivity index (χ0) is 38.4. The van der Waals surface area contributed by atoms with E-state index in [1.54, 1.807) is 0 Å². The molecule has 57 heavy (non-hydrogen) atoms. The van der Waals surface area contributed by atoms with Gasteiger partial charge in [0.1, 0.15) is 0 Å². The topological polar surface area (TPSA) is 27.7 Å². The van der Waals surface area contributed by atoms with Crippen LogP contribution in [0, 0.1) is 0 Å². The van der Waals surface area contributed by atoms with Crippen LogP contribution < -0.4 is 0 Å². The van der Waals surface area contributed by atoms with E-state index in [0.29, 0.717) is 0 Å². The summed E-state index contributed by atoms with van der Waals surface area (Å²) in [6.07, 6.45) is 1.94. The van der Waals surface area contributed by atoms with Crippen LogP contribution in [0.25, 0.3) is 93.7 Å². The summed E-state index contributed by atoms with van der Waals surface area (Å²) >= 11 is 0. The van der Waals surface area contributed by atoms with Gasteiger partial charge in [-0.1, -0.05) is 125 Å². The summed E-state index contributed by atoms with van der Waals surface area (Å²) in [6, 6.07) is 60.0. The molecule has 0 saturated carbocycles. The van der Waals surface area contributed by atoms with Crippen molar-refractivity contribution in [1.29, 1.82) is 0 Å². The number of hydrogen-bond donors (Lipinski definition) is 0. The van der Waals surface area contributed by atoms with E-state index in [1.165, 1.54) is 93.5 Å². The van der Waals surface area contributed by atoms with E-state index in [2.05, 4.69) is 199 Å². The first-order valence-electron chi connectivity index (χ1n) is 20.1. The molecule has 0 aliphatic carbocycles. The third kappa shape index (κ3) is 4.90. The molecule has 274 valence electrons. The zero-order valence-electron chi connectivity index (χ0n) is 32.6. The van der Waals surface area contributed by atoms with Crippen LogP contribution in [-0.4, -0.2) is 18.7 Å². The molecular weight excluding hydrogens is 693 g/mol. The Morgan fingerprint density at radius 1 is 0.368 bits per heavy atom. The van der Waals surface area contributed by atoms with Gasteiger partial charge in [0.2, 0.25) is 0 Å². The van der Waals surface area contributed by atoms with Gasteiger partial charge in [-0.3, -0.25) is 4.98 Å².